The fraction of sp³-hybridized carbons (Fsp3) is 0.214. The number of benzene rings is 1. The van der Waals surface area contributed by atoms with Gasteiger partial charge >= 0.3 is 5.97 Å². The molecule has 98 valence electrons. The van der Waals surface area contributed by atoms with Gasteiger partial charge in [-0.3, -0.25) is 4.79 Å². The minimum absolute atomic E-state index is 0.00763. The zero-order valence-electron chi connectivity index (χ0n) is 10.4. The van der Waals surface area contributed by atoms with Gasteiger partial charge in [0, 0.05) is 17.7 Å². The average molecular weight is 260 g/mol. The van der Waals surface area contributed by atoms with Gasteiger partial charge in [0.25, 0.3) is 0 Å². The molecular formula is C14H13FN2O2. The topological polar surface area (TPSA) is 63.1 Å². The molecule has 1 aromatic carbocycles. The molecule has 5 heteroatoms. The summed E-state index contributed by atoms with van der Waals surface area (Å²) in [5.41, 5.74) is 2.21. The Balaban J connectivity index is 2.30. The van der Waals surface area contributed by atoms with Crippen molar-refractivity contribution in [1.29, 1.82) is 0 Å². The van der Waals surface area contributed by atoms with Gasteiger partial charge in [-0.15, -0.1) is 0 Å². The maximum absolute atomic E-state index is 12.9. The summed E-state index contributed by atoms with van der Waals surface area (Å²) < 4.78 is 12.9. The molecular weight excluding hydrogens is 247 g/mol. The van der Waals surface area contributed by atoms with Gasteiger partial charge in [0.1, 0.15) is 11.6 Å². The van der Waals surface area contributed by atoms with Crippen molar-refractivity contribution in [2.45, 2.75) is 19.8 Å². The van der Waals surface area contributed by atoms with Crippen LogP contribution in [0.4, 0.5) is 4.39 Å². The number of carbonyl (C=O) groups is 1. The van der Waals surface area contributed by atoms with Gasteiger partial charge in [-0.2, -0.15) is 0 Å². The monoisotopic (exact) mass is 260 g/mol. The van der Waals surface area contributed by atoms with Crippen LogP contribution in [0.1, 0.15) is 17.9 Å². The third-order valence-corrected chi connectivity index (χ3v) is 2.60. The molecule has 0 aliphatic rings. The summed E-state index contributed by atoms with van der Waals surface area (Å²) in [6, 6.07) is 7.79. The van der Waals surface area contributed by atoms with Crippen LogP contribution in [0.5, 0.6) is 0 Å². The van der Waals surface area contributed by atoms with Crippen molar-refractivity contribution in [1.82, 2.24) is 9.97 Å². The van der Waals surface area contributed by atoms with Gasteiger partial charge in [0.05, 0.1) is 12.1 Å². The number of hydrogen-bond donors (Lipinski definition) is 1. The molecule has 0 aliphatic carbocycles. The lowest BCUT2D eigenvalue weighted by molar-refractivity contribution is -0.137. The second kappa shape index (κ2) is 5.56. The van der Waals surface area contributed by atoms with Crippen LogP contribution in [-0.2, 0) is 11.2 Å². The van der Waals surface area contributed by atoms with E-state index in [9.17, 15) is 9.18 Å². The molecule has 19 heavy (non-hydrogen) atoms. The highest BCUT2D eigenvalue weighted by Gasteiger charge is 2.07. The Labute approximate surface area is 110 Å². The standard InChI is InChI=1S/C14H13FN2O2/c1-9-8-12(10-2-4-11(15)5-3-10)17-13(16-9)6-7-14(18)19/h2-5,8H,6-7H2,1H3,(H,18,19). The third-order valence-electron chi connectivity index (χ3n) is 2.60. The molecule has 1 aromatic heterocycles. The highest BCUT2D eigenvalue weighted by molar-refractivity contribution is 5.67. The quantitative estimate of drug-likeness (QED) is 0.917. The van der Waals surface area contributed by atoms with Crippen LogP contribution in [0.15, 0.2) is 30.3 Å². The van der Waals surface area contributed by atoms with E-state index in [-0.39, 0.29) is 18.7 Å². The lowest BCUT2D eigenvalue weighted by atomic mass is 10.1. The first-order valence-electron chi connectivity index (χ1n) is 5.87. The zero-order chi connectivity index (χ0) is 13.8. The van der Waals surface area contributed by atoms with Crippen LogP contribution in [0.3, 0.4) is 0 Å². The lowest BCUT2D eigenvalue weighted by Gasteiger charge is -2.05. The summed E-state index contributed by atoms with van der Waals surface area (Å²) in [4.78, 5) is 19.1. The van der Waals surface area contributed by atoms with Crippen LogP contribution < -0.4 is 0 Å². The predicted octanol–water partition coefficient (Wildman–Crippen LogP) is 2.61. The molecule has 0 saturated carbocycles. The van der Waals surface area contributed by atoms with Crippen LogP contribution in [0.25, 0.3) is 11.3 Å². The van der Waals surface area contributed by atoms with Crippen molar-refractivity contribution in [3.63, 3.8) is 0 Å². The predicted molar refractivity (Wildman–Crippen MR) is 68.1 cm³/mol. The smallest absolute Gasteiger partial charge is 0.303 e. The Hall–Kier alpha value is -2.30. The molecule has 0 amide bonds. The highest BCUT2D eigenvalue weighted by Crippen LogP contribution is 2.18. The molecule has 1 N–H and O–H groups in total. The van der Waals surface area contributed by atoms with E-state index >= 15 is 0 Å². The van der Waals surface area contributed by atoms with E-state index in [1.807, 2.05) is 6.92 Å². The van der Waals surface area contributed by atoms with E-state index in [1.54, 1.807) is 18.2 Å². The van der Waals surface area contributed by atoms with Crippen molar-refractivity contribution < 1.29 is 14.3 Å². The number of carboxylic acid groups (broad SMARTS) is 1. The minimum Gasteiger partial charge on any atom is -0.481 e. The number of halogens is 1. The summed E-state index contributed by atoms with van der Waals surface area (Å²) >= 11 is 0. The van der Waals surface area contributed by atoms with E-state index in [2.05, 4.69) is 9.97 Å². The number of aryl methyl sites for hydroxylation is 2. The van der Waals surface area contributed by atoms with E-state index in [0.717, 1.165) is 11.3 Å². The Morgan fingerprint density at radius 3 is 2.58 bits per heavy atom. The maximum atomic E-state index is 12.9. The first-order chi connectivity index (χ1) is 9.04. The molecule has 0 saturated heterocycles. The van der Waals surface area contributed by atoms with E-state index < -0.39 is 5.97 Å². The Kier molecular flexibility index (Phi) is 3.85. The van der Waals surface area contributed by atoms with Gasteiger partial charge in [0.2, 0.25) is 0 Å². The number of hydrogen-bond acceptors (Lipinski definition) is 3. The molecule has 1 heterocycles. The van der Waals surface area contributed by atoms with Gasteiger partial charge in [0.15, 0.2) is 0 Å². The van der Waals surface area contributed by atoms with E-state index in [4.69, 9.17) is 5.11 Å². The fourth-order valence-electron chi connectivity index (χ4n) is 1.73. The Bertz CT molecular complexity index is 597. The molecule has 0 atom stereocenters. The minimum atomic E-state index is -0.881. The third kappa shape index (κ3) is 3.58. The van der Waals surface area contributed by atoms with Crippen LogP contribution in [0, 0.1) is 12.7 Å². The highest BCUT2D eigenvalue weighted by atomic mass is 19.1. The molecule has 4 nitrogen and oxygen atoms in total. The molecule has 0 fully saturated rings. The van der Waals surface area contributed by atoms with Crippen molar-refractivity contribution in [2.24, 2.45) is 0 Å². The number of nitrogens with zero attached hydrogens (tertiary/aromatic N) is 2. The van der Waals surface area contributed by atoms with Crippen molar-refractivity contribution >= 4 is 5.97 Å². The molecule has 0 unspecified atom stereocenters. The Morgan fingerprint density at radius 1 is 1.26 bits per heavy atom. The summed E-state index contributed by atoms with van der Waals surface area (Å²) in [6.07, 6.45) is 0.275. The van der Waals surface area contributed by atoms with Gasteiger partial charge in [-0.1, -0.05) is 0 Å². The molecule has 2 aromatic rings. The summed E-state index contributed by atoms with van der Waals surface area (Å²) in [6.45, 7) is 1.82. The fourth-order valence-corrected chi connectivity index (χ4v) is 1.73. The van der Waals surface area contributed by atoms with Gasteiger partial charge < -0.3 is 5.11 Å². The van der Waals surface area contributed by atoms with Crippen LogP contribution in [0.2, 0.25) is 0 Å². The van der Waals surface area contributed by atoms with Gasteiger partial charge in [-0.05, 0) is 37.3 Å². The van der Waals surface area contributed by atoms with Crippen LogP contribution >= 0.6 is 0 Å². The average Bonchev–Trinajstić information content (AvgIpc) is 2.36. The molecule has 0 spiro atoms. The zero-order valence-corrected chi connectivity index (χ0v) is 10.4. The lowest BCUT2D eigenvalue weighted by Crippen LogP contribution is -2.03. The van der Waals surface area contributed by atoms with Crippen molar-refractivity contribution in [3.05, 3.63) is 47.7 Å². The first-order valence-corrected chi connectivity index (χ1v) is 5.87. The number of aliphatic carboxylic acids is 1. The summed E-state index contributed by atoms with van der Waals surface area (Å²) in [5, 5.41) is 8.66. The van der Waals surface area contributed by atoms with Crippen molar-refractivity contribution in [2.75, 3.05) is 0 Å². The second-order valence-corrected chi connectivity index (χ2v) is 4.21. The maximum Gasteiger partial charge on any atom is 0.303 e. The SMILES string of the molecule is Cc1cc(-c2ccc(F)cc2)nc(CCC(=O)O)n1. The second-order valence-electron chi connectivity index (χ2n) is 4.21. The number of rotatable bonds is 4. The molecule has 0 aliphatic heterocycles. The molecule has 2 rings (SSSR count). The first kappa shape index (κ1) is 13.1. The van der Waals surface area contributed by atoms with E-state index in [0.29, 0.717) is 11.5 Å². The largest absolute Gasteiger partial charge is 0.481 e. The van der Waals surface area contributed by atoms with Gasteiger partial charge in [-0.25, -0.2) is 14.4 Å². The summed E-state index contributed by atoms with van der Waals surface area (Å²) in [5.74, 6) is -0.698. The normalized spacial score (nSPS) is 10.4. The number of carboxylic acids is 1. The molecule has 0 radical (unpaired) electrons. The summed E-state index contributed by atoms with van der Waals surface area (Å²) in [7, 11) is 0. The molecule has 0 bridgehead atoms. The van der Waals surface area contributed by atoms with E-state index in [1.165, 1.54) is 12.1 Å². The van der Waals surface area contributed by atoms with Crippen molar-refractivity contribution in [3.8, 4) is 11.3 Å². The Morgan fingerprint density at radius 2 is 1.95 bits per heavy atom. The van der Waals surface area contributed by atoms with Crippen LogP contribution in [-0.4, -0.2) is 21.0 Å². The number of aromatic nitrogens is 2.